The van der Waals surface area contributed by atoms with Crippen molar-refractivity contribution in [3.63, 3.8) is 0 Å². The van der Waals surface area contributed by atoms with Crippen LogP contribution in [0.15, 0.2) is 29.4 Å². The third-order valence-electron chi connectivity index (χ3n) is 3.79. The zero-order valence-corrected chi connectivity index (χ0v) is 16.7. The first-order valence-corrected chi connectivity index (χ1v) is 9.51. The number of carbonyl (C=O) groups excluding carboxylic acids is 3. The van der Waals surface area contributed by atoms with E-state index < -0.39 is 5.97 Å². The molecule has 0 bridgehead atoms. The first-order valence-electron chi connectivity index (χ1n) is 9.51. The average Bonchev–Trinajstić information content (AvgIpc) is 3.03. The van der Waals surface area contributed by atoms with Crippen LogP contribution >= 0.6 is 0 Å². The van der Waals surface area contributed by atoms with E-state index in [-0.39, 0.29) is 18.1 Å². The Bertz CT molecular complexity index is 732. The lowest BCUT2D eigenvalue weighted by molar-refractivity contribution is -0.145. The number of hydrazone groups is 1. The summed E-state index contributed by atoms with van der Waals surface area (Å²) in [5, 5.41) is 14.4. The van der Waals surface area contributed by atoms with Crippen LogP contribution in [-0.2, 0) is 19.1 Å². The molecule has 28 heavy (non-hydrogen) atoms. The molecule has 0 aromatic heterocycles. The normalized spacial score (nSPS) is 12.6. The molecule has 0 fully saturated rings. The van der Waals surface area contributed by atoms with E-state index in [1.165, 1.54) is 5.01 Å². The molecule has 0 saturated carbocycles. The molecule has 1 heterocycles. The molecule has 0 N–H and O–H groups in total. The monoisotopic (exact) mass is 385 g/mol. The maximum absolute atomic E-state index is 11.8. The van der Waals surface area contributed by atoms with Gasteiger partial charge in [-0.1, -0.05) is 20.3 Å². The Morgan fingerprint density at radius 2 is 1.86 bits per heavy atom. The number of amides is 1. The van der Waals surface area contributed by atoms with Gasteiger partial charge < -0.3 is 4.74 Å². The number of hydrogen-bond donors (Lipinski definition) is 0. The number of nitrogens with zero attached hydrogens (tertiary/aromatic N) is 3. The zero-order valence-electron chi connectivity index (χ0n) is 16.7. The van der Waals surface area contributed by atoms with E-state index >= 15 is 0 Å². The molecule has 150 valence electrons. The van der Waals surface area contributed by atoms with Gasteiger partial charge in [-0.2, -0.15) is 10.4 Å². The van der Waals surface area contributed by atoms with Gasteiger partial charge in [-0.15, -0.1) is 0 Å². The fourth-order valence-electron chi connectivity index (χ4n) is 2.53. The van der Waals surface area contributed by atoms with Crippen molar-refractivity contribution >= 4 is 29.1 Å². The summed E-state index contributed by atoms with van der Waals surface area (Å²) in [7, 11) is 0. The summed E-state index contributed by atoms with van der Waals surface area (Å²) in [5.74, 6) is -0.449. The SMILES string of the molecule is CCCC(=O)CC(=O)OCC.CCCC1=NN(c2ccc(C#N)cc2)C(=O)C1. The molecule has 0 spiro atoms. The van der Waals surface area contributed by atoms with Crippen LogP contribution in [0.2, 0.25) is 0 Å². The second kappa shape index (κ2) is 12.4. The van der Waals surface area contributed by atoms with Gasteiger partial charge in [-0.05, 0) is 44.0 Å². The highest BCUT2D eigenvalue weighted by molar-refractivity contribution is 6.12. The van der Waals surface area contributed by atoms with Gasteiger partial charge in [0.2, 0.25) is 0 Å². The number of ether oxygens (including phenoxy) is 1. The van der Waals surface area contributed by atoms with Crippen LogP contribution in [0.25, 0.3) is 0 Å². The highest BCUT2D eigenvalue weighted by Gasteiger charge is 2.24. The number of rotatable bonds is 8. The second-order valence-electron chi connectivity index (χ2n) is 6.23. The van der Waals surface area contributed by atoms with Crippen molar-refractivity contribution < 1.29 is 19.1 Å². The van der Waals surface area contributed by atoms with Crippen molar-refractivity contribution in [3.8, 4) is 6.07 Å². The molecule has 0 atom stereocenters. The van der Waals surface area contributed by atoms with Gasteiger partial charge in [0.25, 0.3) is 5.91 Å². The van der Waals surface area contributed by atoms with Gasteiger partial charge in [-0.3, -0.25) is 14.4 Å². The van der Waals surface area contributed by atoms with Crippen molar-refractivity contribution in [2.75, 3.05) is 11.6 Å². The van der Waals surface area contributed by atoms with Gasteiger partial charge >= 0.3 is 5.97 Å². The largest absolute Gasteiger partial charge is 0.466 e. The standard InChI is InChI=1S/C13H13N3O.C8H14O3/c1-2-3-11-8-13(17)16(15-11)12-6-4-10(9-14)5-7-12;1-3-5-7(9)6-8(10)11-4-2/h4-7H,2-3,8H2,1H3;3-6H2,1-2H3. The highest BCUT2D eigenvalue weighted by Crippen LogP contribution is 2.22. The van der Waals surface area contributed by atoms with Crippen molar-refractivity contribution in [1.82, 2.24) is 0 Å². The van der Waals surface area contributed by atoms with Gasteiger partial charge in [-0.25, -0.2) is 5.01 Å². The van der Waals surface area contributed by atoms with E-state index in [1.807, 2.05) is 13.0 Å². The number of nitriles is 1. The molecule has 7 heteroatoms. The van der Waals surface area contributed by atoms with Crippen LogP contribution in [0, 0.1) is 11.3 Å². The maximum Gasteiger partial charge on any atom is 0.313 e. The summed E-state index contributed by atoms with van der Waals surface area (Å²) in [4.78, 5) is 33.3. The lowest BCUT2D eigenvalue weighted by Crippen LogP contribution is -2.19. The van der Waals surface area contributed by atoms with E-state index in [0.29, 0.717) is 25.0 Å². The van der Waals surface area contributed by atoms with Crippen molar-refractivity contribution in [3.05, 3.63) is 29.8 Å². The molecule has 1 aromatic carbocycles. The van der Waals surface area contributed by atoms with Crippen LogP contribution in [0.3, 0.4) is 0 Å². The molecule has 0 saturated heterocycles. The third-order valence-corrected chi connectivity index (χ3v) is 3.79. The molecule has 1 aliphatic heterocycles. The average molecular weight is 385 g/mol. The van der Waals surface area contributed by atoms with Crippen molar-refractivity contribution in [2.45, 2.75) is 59.3 Å². The zero-order chi connectivity index (χ0) is 20.9. The minimum absolute atomic E-state index is 0.00171. The number of benzene rings is 1. The minimum Gasteiger partial charge on any atom is -0.466 e. The van der Waals surface area contributed by atoms with Gasteiger partial charge in [0.15, 0.2) is 0 Å². The van der Waals surface area contributed by atoms with E-state index in [2.05, 4.69) is 16.8 Å². The van der Waals surface area contributed by atoms with Gasteiger partial charge in [0.1, 0.15) is 12.2 Å². The first-order chi connectivity index (χ1) is 13.4. The van der Waals surface area contributed by atoms with Gasteiger partial charge in [0, 0.05) is 12.1 Å². The fraction of sp³-hybridized carbons (Fsp3) is 0.476. The first kappa shape index (κ1) is 23.0. The smallest absolute Gasteiger partial charge is 0.313 e. The third kappa shape index (κ3) is 7.70. The summed E-state index contributed by atoms with van der Waals surface area (Å²) in [5.41, 5.74) is 2.24. The summed E-state index contributed by atoms with van der Waals surface area (Å²) in [6.45, 7) is 6.04. The number of anilines is 1. The number of ketones is 1. The Hall–Kier alpha value is -3.01. The van der Waals surface area contributed by atoms with Crippen LogP contribution in [0.5, 0.6) is 0 Å². The Kier molecular flexibility index (Phi) is 10.2. The molecule has 1 aliphatic rings. The molecule has 7 nitrogen and oxygen atoms in total. The molecule has 1 amide bonds. The van der Waals surface area contributed by atoms with Crippen LogP contribution in [0.4, 0.5) is 5.69 Å². The summed E-state index contributed by atoms with van der Waals surface area (Å²) < 4.78 is 4.60. The molecular formula is C21H27N3O4. The molecule has 2 rings (SSSR count). The quantitative estimate of drug-likeness (QED) is 0.501. The summed E-state index contributed by atoms with van der Waals surface area (Å²) in [6.07, 6.45) is 3.46. The predicted octanol–water partition coefficient (Wildman–Crippen LogP) is 3.76. The lowest BCUT2D eigenvalue weighted by atomic mass is 10.2. The van der Waals surface area contributed by atoms with Gasteiger partial charge in [0.05, 0.1) is 30.3 Å². The Labute approximate surface area is 166 Å². The fourth-order valence-corrected chi connectivity index (χ4v) is 2.53. The van der Waals surface area contributed by atoms with Crippen molar-refractivity contribution in [1.29, 1.82) is 5.26 Å². The van der Waals surface area contributed by atoms with E-state index in [4.69, 9.17) is 5.26 Å². The molecule has 0 unspecified atom stereocenters. The Balaban J connectivity index is 0.000000311. The highest BCUT2D eigenvalue weighted by atomic mass is 16.5. The summed E-state index contributed by atoms with van der Waals surface area (Å²) >= 11 is 0. The second-order valence-corrected chi connectivity index (χ2v) is 6.23. The Morgan fingerprint density at radius 1 is 1.18 bits per heavy atom. The Morgan fingerprint density at radius 3 is 2.39 bits per heavy atom. The number of hydrogen-bond acceptors (Lipinski definition) is 6. The molecular weight excluding hydrogens is 358 g/mol. The van der Waals surface area contributed by atoms with Crippen molar-refractivity contribution in [2.24, 2.45) is 5.10 Å². The van der Waals surface area contributed by atoms with Crippen LogP contribution in [0.1, 0.15) is 64.9 Å². The van der Waals surface area contributed by atoms with Crippen LogP contribution < -0.4 is 5.01 Å². The number of esters is 1. The molecule has 1 aromatic rings. The molecule has 0 aliphatic carbocycles. The number of carbonyl (C=O) groups is 3. The molecule has 0 radical (unpaired) electrons. The maximum atomic E-state index is 11.8. The number of Topliss-reactive ketones (excluding diaryl/α,β-unsaturated/α-hetero) is 1. The topological polar surface area (TPSA) is 99.8 Å². The van der Waals surface area contributed by atoms with E-state index in [0.717, 1.165) is 30.7 Å². The lowest BCUT2D eigenvalue weighted by Gasteiger charge is -2.11. The van der Waals surface area contributed by atoms with E-state index in [1.54, 1.807) is 31.2 Å². The predicted molar refractivity (Wildman–Crippen MR) is 107 cm³/mol. The van der Waals surface area contributed by atoms with Crippen LogP contribution in [-0.4, -0.2) is 30.0 Å². The summed E-state index contributed by atoms with van der Waals surface area (Å²) in [6, 6.07) is 8.92. The minimum atomic E-state index is -0.411. The van der Waals surface area contributed by atoms with E-state index in [9.17, 15) is 14.4 Å².